The van der Waals surface area contributed by atoms with E-state index in [1.54, 1.807) is 36.4 Å². The molecule has 8 nitrogen and oxygen atoms in total. The number of hydrogen-bond acceptors (Lipinski definition) is 6. The van der Waals surface area contributed by atoms with Gasteiger partial charge in [-0.2, -0.15) is 0 Å². The van der Waals surface area contributed by atoms with Gasteiger partial charge in [-0.15, -0.1) is 0 Å². The first-order valence-corrected chi connectivity index (χ1v) is 11.6. The van der Waals surface area contributed by atoms with E-state index in [1.165, 1.54) is 6.07 Å². The smallest absolute Gasteiger partial charge is 0.277 e. The summed E-state index contributed by atoms with van der Waals surface area (Å²) in [6, 6.07) is 21.9. The SMILES string of the molecule is C[C@@H]1CN[C@@H](C)CN1c1ccc([N+](=O)[O-])c2ccccc12.O=[N+]([O-])c1ccc(Cl)c2ccccc12. The van der Waals surface area contributed by atoms with E-state index in [9.17, 15) is 20.2 Å². The number of piperazine rings is 1. The van der Waals surface area contributed by atoms with Crippen LogP contribution in [0.4, 0.5) is 17.1 Å². The van der Waals surface area contributed by atoms with Gasteiger partial charge in [0.05, 0.1) is 20.6 Å². The van der Waals surface area contributed by atoms with Crippen molar-refractivity contribution in [3.05, 3.63) is 98.0 Å². The third-order valence-electron chi connectivity index (χ3n) is 6.19. The van der Waals surface area contributed by atoms with Crippen molar-refractivity contribution in [2.75, 3.05) is 18.0 Å². The van der Waals surface area contributed by atoms with E-state index in [1.807, 2.05) is 30.3 Å². The van der Waals surface area contributed by atoms with Crippen LogP contribution in [0.3, 0.4) is 0 Å². The van der Waals surface area contributed by atoms with Crippen LogP contribution in [0.2, 0.25) is 5.02 Å². The van der Waals surface area contributed by atoms with Gasteiger partial charge in [0.25, 0.3) is 11.4 Å². The second-order valence-electron chi connectivity index (χ2n) is 8.59. The van der Waals surface area contributed by atoms with Gasteiger partial charge in [0, 0.05) is 58.8 Å². The molecule has 35 heavy (non-hydrogen) atoms. The Hall–Kier alpha value is -3.75. The number of nitrogens with zero attached hydrogens (tertiary/aromatic N) is 3. The lowest BCUT2D eigenvalue weighted by molar-refractivity contribution is -0.383. The van der Waals surface area contributed by atoms with E-state index in [0.717, 1.165) is 24.2 Å². The van der Waals surface area contributed by atoms with Gasteiger partial charge in [-0.25, -0.2) is 0 Å². The number of hydrogen-bond donors (Lipinski definition) is 1. The Labute approximate surface area is 207 Å². The monoisotopic (exact) mass is 492 g/mol. The summed E-state index contributed by atoms with van der Waals surface area (Å²) in [4.78, 5) is 23.5. The molecule has 9 heteroatoms. The van der Waals surface area contributed by atoms with E-state index in [4.69, 9.17) is 11.6 Å². The van der Waals surface area contributed by atoms with Crippen molar-refractivity contribution >= 4 is 50.2 Å². The molecule has 0 spiro atoms. The second-order valence-corrected chi connectivity index (χ2v) is 8.99. The van der Waals surface area contributed by atoms with Crippen molar-refractivity contribution in [2.24, 2.45) is 0 Å². The number of nitrogens with one attached hydrogen (secondary N) is 1. The topological polar surface area (TPSA) is 102 Å². The highest BCUT2D eigenvalue weighted by molar-refractivity contribution is 6.35. The first-order chi connectivity index (χ1) is 16.8. The summed E-state index contributed by atoms with van der Waals surface area (Å²) in [5.41, 5.74) is 1.34. The lowest BCUT2D eigenvalue weighted by Crippen LogP contribution is -2.54. The summed E-state index contributed by atoms with van der Waals surface area (Å²) in [6.45, 7) is 6.16. The first-order valence-electron chi connectivity index (χ1n) is 11.3. The molecule has 4 aromatic carbocycles. The molecule has 0 aliphatic carbocycles. The highest BCUT2D eigenvalue weighted by atomic mass is 35.5. The van der Waals surface area contributed by atoms with Crippen LogP contribution in [-0.2, 0) is 0 Å². The molecule has 0 radical (unpaired) electrons. The number of fused-ring (bicyclic) bond motifs is 2. The minimum atomic E-state index is -0.404. The third-order valence-corrected chi connectivity index (χ3v) is 6.52. The summed E-state index contributed by atoms with van der Waals surface area (Å²) in [5, 5.41) is 28.8. The number of benzene rings is 4. The molecule has 0 bridgehead atoms. The Morgan fingerprint density at radius 1 is 0.800 bits per heavy atom. The zero-order valence-electron chi connectivity index (χ0n) is 19.3. The normalized spacial score (nSPS) is 17.6. The molecule has 180 valence electrons. The summed E-state index contributed by atoms with van der Waals surface area (Å²) in [5.74, 6) is 0. The van der Waals surface area contributed by atoms with Crippen molar-refractivity contribution in [3.63, 3.8) is 0 Å². The molecule has 0 amide bonds. The van der Waals surface area contributed by atoms with E-state index in [2.05, 4.69) is 24.1 Å². The molecule has 1 heterocycles. The van der Waals surface area contributed by atoms with Crippen LogP contribution >= 0.6 is 11.6 Å². The fraction of sp³-hybridized carbons (Fsp3) is 0.231. The summed E-state index contributed by atoms with van der Waals surface area (Å²) < 4.78 is 0. The first kappa shape index (κ1) is 24.4. The van der Waals surface area contributed by atoms with Crippen LogP contribution in [0, 0.1) is 20.2 Å². The third kappa shape index (κ3) is 5.03. The number of nitro benzene ring substituents is 2. The molecule has 1 saturated heterocycles. The van der Waals surface area contributed by atoms with E-state index >= 15 is 0 Å². The molecule has 0 saturated carbocycles. The van der Waals surface area contributed by atoms with Crippen LogP contribution < -0.4 is 10.2 Å². The molecule has 4 aromatic rings. The number of non-ortho nitro benzene ring substituents is 2. The van der Waals surface area contributed by atoms with Gasteiger partial charge < -0.3 is 10.2 Å². The molecule has 1 aliphatic heterocycles. The van der Waals surface area contributed by atoms with Gasteiger partial charge in [-0.3, -0.25) is 20.2 Å². The van der Waals surface area contributed by atoms with E-state index in [-0.39, 0.29) is 16.3 Å². The Morgan fingerprint density at radius 3 is 1.91 bits per heavy atom. The maximum atomic E-state index is 11.2. The molecule has 2 atom stereocenters. The number of anilines is 1. The Kier molecular flexibility index (Phi) is 7.14. The summed E-state index contributed by atoms with van der Waals surface area (Å²) in [7, 11) is 0. The molecular formula is C26H25ClN4O4. The van der Waals surface area contributed by atoms with Gasteiger partial charge in [-0.1, -0.05) is 48.0 Å². The van der Waals surface area contributed by atoms with Crippen molar-refractivity contribution < 1.29 is 9.85 Å². The van der Waals surface area contributed by atoms with Gasteiger partial charge in [0.1, 0.15) is 0 Å². The molecule has 1 aliphatic rings. The second kappa shape index (κ2) is 10.2. The van der Waals surface area contributed by atoms with Crippen molar-refractivity contribution in [1.29, 1.82) is 0 Å². The Balaban J connectivity index is 0.000000179. The van der Waals surface area contributed by atoms with Gasteiger partial charge >= 0.3 is 0 Å². The standard InChI is InChI=1S/C16H19N3O2.C10H6ClNO2/c1-11-10-18(12(2)9-17-11)15-7-8-16(19(20)21)14-6-4-3-5-13(14)15;11-9-5-6-10(12(13)14)8-4-2-1-3-7(8)9/h3-8,11-12,17H,9-10H2,1-2H3;1-6H/t11-,12+;/m0./s1. The van der Waals surface area contributed by atoms with Crippen molar-refractivity contribution in [3.8, 4) is 0 Å². The zero-order chi connectivity index (χ0) is 25.1. The van der Waals surface area contributed by atoms with Crippen LogP contribution in [0.25, 0.3) is 21.5 Å². The van der Waals surface area contributed by atoms with Crippen molar-refractivity contribution in [1.82, 2.24) is 5.32 Å². The summed E-state index contributed by atoms with van der Waals surface area (Å²) >= 11 is 5.91. The predicted molar refractivity (Wildman–Crippen MR) is 140 cm³/mol. The Morgan fingerprint density at radius 2 is 1.31 bits per heavy atom. The fourth-order valence-corrected chi connectivity index (χ4v) is 4.67. The van der Waals surface area contributed by atoms with E-state index < -0.39 is 4.92 Å². The van der Waals surface area contributed by atoms with Gasteiger partial charge in [-0.05, 0) is 38.1 Å². The highest BCUT2D eigenvalue weighted by Gasteiger charge is 2.25. The molecule has 1 N–H and O–H groups in total. The highest BCUT2D eigenvalue weighted by Crippen LogP contribution is 2.35. The van der Waals surface area contributed by atoms with Crippen molar-refractivity contribution in [2.45, 2.75) is 25.9 Å². The fourth-order valence-electron chi connectivity index (χ4n) is 4.44. The largest absolute Gasteiger partial charge is 0.365 e. The molecular weight excluding hydrogens is 468 g/mol. The minimum absolute atomic E-state index is 0.0880. The lowest BCUT2D eigenvalue weighted by atomic mass is 10.0. The number of nitro groups is 2. The van der Waals surface area contributed by atoms with Gasteiger partial charge in [0.15, 0.2) is 0 Å². The maximum Gasteiger partial charge on any atom is 0.277 e. The molecule has 0 unspecified atom stereocenters. The van der Waals surface area contributed by atoms with E-state index in [0.29, 0.717) is 33.3 Å². The van der Waals surface area contributed by atoms with Crippen LogP contribution in [0.1, 0.15) is 13.8 Å². The number of rotatable bonds is 3. The number of halogens is 1. The Bertz CT molecular complexity index is 1410. The van der Waals surface area contributed by atoms with Crippen LogP contribution in [0.15, 0.2) is 72.8 Å². The molecule has 5 rings (SSSR count). The average Bonchev–Trinajstić information content (AvgIpc) is 2.85. The average molecular weight is 493 g/mol. The lowest BCUT2D eigenvalue weighted by Gasteiger charge is -2.39. The summed E-state index contributed by atoms with van der Waals surface area (Å²) in [6.07, 6.45) is 0. The van der Waals surface area contributed by atoms with Crippen LogP contribution in [-0.4, -0.2) is 35.0 Å². The minimum Gasteiger partial charge on any atom is -0.365 e. The quantitative estimate of drug-likeness (QED) is 0.264. The van der Waals surface area contributed by atoms with Crippen LogP contribution in [0.5, 0.6) is 0 Å². The predicted octanol–water partition coefficient (Wildman–Crippen LogP) is 6.34. The maximum absolute atomic E-state index is 11.2. The molecule has 1 fully saturated rings. The zero-order valence-corrected chi connectivity index (χ0v) is 20.1. The van der Waals surface area contributed by atoms with Gasteiger partial charge in [0.2, 0.25) is 0 Å². The molecule has 0 aromatic heterocycles.